The second kappa shape index (κ2) is 13.6. The van der Waals surface area contributed by atoms with Gasteiger partial charge >= 0.3 is 5.97 Å². The van der Waals surface area contributed by atoms with Crippen LogP contribution in [0.25, 0.3) is 0 Å². The van der Waals surface area contributed by atoms with Crippen molar-refractivity contribution >= 4 is 29.6 Å². The summed E-state index contributed by atoms with van der Waals surface area (Å²) in [5.41, 5.74) is 11.1. The third-order valence-corrected chi connectivity index (χ3v) is 5.17. The Kier molecular flexibility index (Phi) is 12.5. The van der Waals surface area contributed by atoms with E-state index in [1.54, 1.807) is 20.8 Å². The third kappa shape index (κ3) is 9.60. The van der Waals surface area contributed by atoms with Crippen LogP contribution in [0.3, 0.4) is 0 Å². The molecule has 0 saturated carbocycles. The summed E-state index contributed by atoms with van der Waals surface area (Å²) in [7, 11) is 0. The fraction of sp³-hybridized carbons (Fsp3) is 0.750. The predicted molar refractivity (Wildman–Crippen MR) is 116 cm³/mol. The lowest BCUT2D eigenvalue weighted by molar-refractivity contribution is -0.145. The largest absolute Gasteiger partial charge is 0.480 e. The fourth-order valence-electron chi connectivity index (χ4n) is 2.76. The summed E-state index contributed by atoms with van der Waals surface area (Å²) in [5.74, 6) is -4.83. The Morgan fingerprint density at radius 1 is 0.875 bits per heavy atom. The van der Waals surface area contributed by atoms with Crippen LogP contribution in [0.1, 0.15) is 53.9 Å². The van der Waals surface area contributed by atoms with Gasteiger partial charge in [-0.1, -0.05) is 34.1 Å². The van der Waals surface area contributed by atoms with Crippen molar-refractivity contribution in [3.8, 4) is 0 Å². The van der Waals surface area contributed by atoms with Crippen molar-refractivity contribution in [1.29, 1.82) is 0 Å². The van der Waals surface area contributed by atoms with Crippen molar-refractivity contribution in [2.45, 2.75) is 84.2 Å². The number of nitrogens with two attached hydrogens (primary N) is 2. The minimum Gasteiger partial charge on any atom is -0.480 e. The van der Waals surface area contributed by atoms with Gasteiger partial charge in [0.1, 0.15) is 12.1 Å². The molecule has 0 bridgehead atoms. The first-order valence-corrected chi connectivity index (χ1v) is 10.6. The summed E-state index contributed by atoms with van der Waals surface area (Å²) in [4.78, 5) is 60.3. The molecule has 4 amide bonds. The van der Waals surface area contributed by atoms with E-state index in [0.717, 1.165) is 0 Å². The predicted octanol–water partition coefficient (Wildman–Crippen LogP) is -1.80. The monoisotopic (exact) mass is 459 g/mol. The summed E-state index contributed by atoms with van der Waals surface area (Å²) in [6.45, 7) is 8.24. The minimum atomic E-state index is -1.62. The number of carboxylic acids is 1. The minimum absolute atomic E-state index is 0.117. The number of hydrogen-bond donors (Lipinski definition) is 7. The SMILES string of the molecule is CCC(C)C(N)C(=O)NC(C(=O)NC(CCC(N)=O)C(=O)NC(C(=O)O)C(C)O)C(C)C. The average Bonchev–Trinajstić information content (AvgIpc) is 2.70. The Bertz CT molecular complexity index is 683. The molecule has 0 spiro atoms. The normalized spacial score (nSPS) is 16.8. The Balaban J connectivity index is 5.53. The van der Waals surface area contributed by atoms with Crippen LogP contribution >= 0.6 is 0 Å². The number of amides is 4. The van der Waals surface area contributed by atoms with E-state index in [1.165, 1.54) is 6.92 Å². The van der Waals surface area contributed by atoms with Gasteiger partial charge in [0.2, 0.25) is 23.6 Å². The van der Waals surface area contributed by atoms with Gasteiger partial charge in [0.25, 0.3) is 0 Å². The maximum absolute atomic E-state index is 12.9. The number of aliphatic hydroxyl groups excluding tert-OH is 1. The molecule has 6 unspecified atom stereocenters. The highest BCUT2D eigenvalue weighted by molar-refractivity contribution is 5.94. The quantitative estimate of drug-likeness (QED) is 0.157. The van der Waals surface area contributed by atoms with Gasteiger partial charge in [0, 0.05) is 6.42 Å². The number of carbonyl (C=O) groups is 5. The van der Waals surface area contributed by atoms with Gasteiger partial charge in [-0.2, -0.15) is 0 Å². The van der Waals surface area contributed by atoms with Gasteiger partial charge in [-0.05, 0) is 25.2 Å². The number of rotatable bonds is 14. The molecule has 0 aromatic heterocycles. The van der Waals surface area contributed by atoms with Crippen molar-refractivity contribution in [2.24, 2.45) is 23.3 Å². The number of aliphatic hydroxyl groups is 1. The topological polar surface area (TPSA) is 214 Å². The van der Waals surface area contributed by atoms with Crippen molar-refractivity contribution in [3.05, 3.63) is 0 Å². The zero-order valence-electron chi connectivity index (χ0n) is 19.3. The molecule has 0 radical (unpaired) electrons. The summed E-state index contributed by atoms with van der Waals surface area (Å²) < 4.78 is 0. The summed E-state index contributed by atoms with van der Waals surface area (Å²) in [6.07, 6.45) is -1.21. The summed E-state index contributed by atoms with van der Waals surface area (Å²) in [5, 5.41) is 25.9. The number of nitrogens with one attached hydrogen (secondary N) is 3. The number of hydrogen-bond acceptors (Lipinski definition) is 7. The molecule has 0 aliphatic rings. The molecule has 12 nitrogen and oxygen atoms in total. The first kappa shape index (κ1) is 29.3. The van der Waals surface area contributed by atoms with Crippen LogP contribution in [0.5, 0.6) is 0 Å². The zero-order chi connectivity index (χ0) is 25.2. The number of carbonyl (C=O) groups excluding carboxylic acids is 4. The highest BCUT2D eigenvalue weighted by atomic mass is 16.4. The van der Waals surface area contributed by atoms with E-state index in [9.17, 15) is 29.1 Å². The van der Waals surface area contributed by atoms with E-state index in [2.05, 4.69) is 16.0 Å². The third-order valence-electron chi connectivity index (χ3n) is 5.17. The molecule has 9 N–H and O–H groups in total. The molecule has 184 valence electrons. The van der Waals surface area contributed by atoms with Crippen LogP contribution in [0.15, 0.2) is 0 Å². The summed E-state index contributed by atoms with van der Waals surface area (Å²) >= 11 is 0. The van der Waals surface area contributed by atoms with Crippen LogP contribution < -0.4 is 27.4 Å². The van der Waals surface area contributed by atoms with E-state index in [4.69, 9.17) is 16.6 Å². The van der Waals surface area contributed by atoms with E-state index >= 15 is 0 Å². The molecule has 0 aromatic carbocycles. The van der Waals surface area contributed by atoms with Crippen LogP contribution in [0.2, 0.25) is 0 Å². The Hall–Kier alpha value is -2.73. The van der Waals surface area contributed by atoms with E-state index in [0.29, 0.717) is 6.42 Å². The molecule has 0 saturated heterocycles. The van der Waals surface area contributed by atoms with Crippen LogP contribution in [0.4, 0.5) is 0 Å². The van der Waals surface area contributed by atoms with Gasteiger partial charge in [0.15, 0.2) is 6.04 Å². The molecular weight excluding hydrogens is 422 g/mol. The molecule has 0 aliphatic carbocycles. The van der Waals surface area contributed by atoms with Crippen LogP contribution in [-0.2, 0) is 24.0 Å². The molecule has 0 heterocycles. The van der Waals surface area contributed by atoms with E-state index in [-0.39, 0.29) is 24.7 Å². The number of primary amides is 1. The second-order valence-electron chi connectivity index (χ2n) is 8.27. The van der Waals surface area contributed by atoms with Gasteiger partial charge in [-0.15, -0.1) is 0 Å². The lowest BCUT2D eigenvalue weighted by atomic mass is 9.97. The fourth-order valence-corrected chi connectivity index (χ4v) is 2.76. The molecular formula is C20H37N5O7. The second-order valence-corrected chi connectivity index (χ2v) is 8.27. The lowest BCUT2D eigenvalue weighted by Gasteiger charge is -2.28. The van der Waals surface area contributed by atoms with Gasteiger partial charge in [-0.25, -0.2) is 4.79 Å². The number of carboxylic acid groups (broad SMARTS) is 1. The maximum Gasteiger partial charge on any atom is 0.328 e. The first-order chi connectivity index (χ1) is 14.7. The zero-order valence-corrected chi connectivity index (χ0v) is 19.3. The molecule has 0 aromatic rings. The lowest BCUT2D eigenvalue weighted by Crippen LogP contribution is -2.59. The maximum atomic E-state index is 12.9. The molecule has 0 rings (SSSR count). The van der Waals surface area contributed by atoms with Gasteiger partial charge in [-0.3, -0.25) is 19.2 Å². The molecule has 0 fully saturated rings. The van der Waals surface area contributed by atoms with Gasteiger partial charge in [0.05, 0.1) is 12.1 Å². The Labute approximate surface area is 187 Å². The smallest absolute Gasteiger partial charge is 0.328 e. The Morgan fingerprint density at radius 3 is 1.81 bits per heavy atom. The average molecular weight is 460 g/mol. The molecule has 0 aliphatic heterocycles. The van der Waals surface area contributed by atoms with Crippen molar-refractivity contribution in [2.75, 3.05) is 0 Å². The highest BCUT2D eigenvalue weighted by Gasteiger charge is 2.33. The van der Waals surface area contributed by atoms with Crippen LogP contribution in [0, 0.1) is 11.8 Å². The highest BCUT2D eigenvalue weighted by Crippen LogP contribution is 2.09. The standard InChI is InChI=1S/C20H37N5O7/c1-6-10(4)14(22)18(29)24-15(9(2)3)19(30)23-12(7-8-13(21)27)17(28)25-16(11(5)26)20(31)32/h9-12,14-16,26H,6-8,22H2,1-5H3,(H2,21,27)(H,23,30)(H,24,29)(H,25,28)(H,31,32). The molecule has 32 heavy (non-hydrogen) atoms. The van der Waals surface area contributed by atoms with Crippen LogP contribution in [-0.4, -0.2) is 70.1 Å². The number of aliphatic carboxylic acids is 1. The van der Waals surface area contributed by atoms with Crippen molar-refractivity contribution in [3.63, 3.8) is 0 Å². The first-order valence-electron chi connectivity index (χ1n) is 10.6. The van der Waals surface area contributed by atoms with Gasteiger partial charge < -0.3 is 37.6 Å². The van der Waals surface area contributed by atoms with Crippen molar-refractivity contribution in [1.82, 2.24) is 16.0 Å². The molecule has 6 atom stereocenters. The van der Waals surface area contributed by atoms with Crippen molar-refractivity contribution < 1.29 is 34.2 Å². The molecule has 12 heteroatoms. The Morgan fingerprint density at radius 2 is 1.41 bits per heavy atom. The van der Waals surface area contributed by atoms with E-state index < -0.39 is 59.9 Å². The summed E-state index contributed by atoms with van der Waals surface area (Å²) in [6, 6.07) is -4.81. The van der Waals surface area contributed by atoms with E-state index in [1.807, 2.05) is 6.92 Å².